The van der Waals surface area contributed by atoms with Crippen molar-refractivity contribution >= 4 is 5.91 Å². The van der Waals surface area contributed by atoms with E-state index in [1.165, 1.54) is 18.4 Å². The van der Waals surface area contributed by atoms with E-state index in [0.717, 1.165) is 0 Å². The molecule has 0 aliphatic rings. The highest BCUT2D eigenvalue weighted by Crippen LogP contribution is 2.19. The third-order valence-corrected chi connectivity index (χ3v) is 1.80. The van der Waals surface area contributed by atoms with Crippen LogP contribution in [0.2, 0.25) is 0 Å². The van der Waals surface area contributed by atoms with E-state index in [4.69, 9.17) is 4.42 Å². The summed E-state index contributed by atoms with van der Waals surface area (Å²) in [6.45, 7) is -2.38. The number of amides is 1. The fourth-order valence-electron chi connectivity index (χ4n) is 1.16. The van der Waals surface area contributed by atoms with E-state index in [-0.39, 0.29) is 10.7 Å². The van der Waals surface area contributed by atoms with Gasteiger partial charge in [-0.05, 0) is 12.1 Å². The van der Waals surface area contributed by atoms with Crippen LogP contribution in [0.15, 0.2) is 22.8 Å². The second kappa shape index (κ2) is 5.15. The highest BCUT2D eigenvalue weighted by Gasteiger charge is 2.35. The Kier molecular flexibility index (Phi) is 4.08. The van der Waals surface area contributed by atoms with Gasteiger partial charge in [0.15, 0.2) is 0 Å². The van der Waals surface area contributed by atoms with Gasteiger partial charge < -0.3 is 9.32 Å². The summed E-state index contributed by atoms with van der Waals surface area (Å²) < 4.78 is 65.2. The van der Waals surface area contributed by atoms with Crippen molar-refractivity contribution in [2.24, 2.45) is 0 Å². The van der Waals surface area contributed by atoms with Crippen molar-refractivity contribution in [1.29, 1.82) is 0 Å². The van der Waals surface area contributed by atoms with Crippen LogP contribution in [0.5, 0.6) is 0 Å². The van der Waals surface area contributed by atoms with Crippen LogP contribution in [-0.4, -0.2) is 30.0 Å². The Hall–Kier alpha value is -1.60. The van der Waals surface area contributed by atoms with Crippen molar-refractivity contribution in [2.75, 3.05) is 6.54 Å². The van der Waals surface area contributed by atoms with E-state index in [9.17, 15) is 26.7 Å². The van der Waals surface area contributed by atoms with E-state index in [1.54, 1.807) is 0 Å². The van der Waals surface area contributed by atoms with Crippen LogP contribution in [-0.2, 0) is 11.3 Å². The minimum Gasteiger partial charge on any atom is -0.467 e. The van der Waals surface area contributed by atoms with E-state index in [1.807, 2.05) is 0 Å². The molecule has 1 rings (SSSR count). The minimum absolute atomic E-state index is 0.00301. The lowest BCUT2D eigenvalue weighted by atomic mass is 10.3. The molecule has 1 amide bonds. The Bertz CT molecular complexity index is 360. The highest BCUT2D eigenvalue weighted by atomic mass is 19.4. The number of furan rings is 1. The second-order valence-electron chi connectivity index (χ2n) is 3.19. The van der Waals surface area contributed by atoms with Gasteiger partial charge in [-0.15, -0.1) is 0 Å². The maximum atomic E-state index is 12.1. The molecular weight excluding hydrogens is 249 g/mol. The van der Waals surface area contributed by atoms with E-state index < -0.39 is 31.6 Å². The van der Waals surface area contributed by atoms with Gasteiger partial charge in [0.05, 0.1) is 12.8 Å². The maximum absolute atomic E-state index is 12.1. The predicted molar refractivity (Wildman–Crippen MR) is 46.2 cm³/mol. The van der Waals surface area contributed by atoms with Gasteiger partial charge in [0.2, 0.25) is 0 Å². The Morgan fingerprint density at radius 2 is 2.06 bits per heavy atom. The summed E-state index contributed by atoms with van der Waals surface area (Å²) in [5.41, 5.74) is 0. The SMILES string of the molecule is O=C(C(F)F)N(Cc1ccco1)CC(F)(F)F. The van der Waals surface area contributed by atoms with Gasteiger partial charge in [0, 0.05) is 0 Å². The van der Waals surface area contributed by atoms with Gasteiger partial charge in [-0.3, -0.25) is 4.79 Å². The molecule has 1 aromatic rings. The Labute approximate surface area is 92.8 Å². The van der Waals surface area contributed by atoms with E-state index in [2.05, 4.69) is 0 Å². The summed E-state index contributed by atoms with van der Waals surface area (Å²) in [4.78, 5) is 10.9. The fourth-order valence-corrected chi connectivity index (χ4v) is 1.16. The maximum Gasteiger partial charge on any atom is 0.406 e. The largest absolute Gasteiger partial charge is 0.467 e. The molecule has 0 aliphatic carbocycles. The Morgan fingerprint density at radius 3 is 2.47 bits per heavy atom. The molecule has 0 aromatic carbocycles. The normalized spacial score (nSPS) is 11.9. The average molecular weight is 257 g/mol. The third kappa shape index (κ3) is 4.41. The first kappa shape index (κ1) is 13.5. The first-order valence-electron chi connectivity index (χ1n) is 4.45. The van der Waals surface area contributed by atoms with Crippen LogP contribution in [0.3, 0.4) is 0 Å². The standard InChI is InChI=1S/C9H8F5NO2/c10-7(11)8(16)15(5-9(12,13)14)4-6-2-1-3-17-6/h1-3,7H,4-5H2. The first-order valence-corrected chi connectivity index (χ1v) is 4.45. The van der Waals surface area contributed by atoms with Gasteiger partial charge in [-0.25, -0.2) is 0 Å². The number of hydrogen-bond acceptors (Lipinski definition) is 2. The van der Waals surface area contributed by atoms with E-state index in [0.29, 0.717) is 0 Å². The number of hydrogen-bond donors (Lipinski definition) is 0. The molecule has 0 saturated heterocycles. The number of carbonyl (C=O) groups excluding carboxylic acids is 1. The summed E-state index contributed by atoms with van der Waals surface area (Å²) in [5.74, 6) is -1.87. The molecule has 0 atom stereocenters. The zero-order valence-electron chi connectivity index (χ0n) is 8.38. The zero-order chi connectivity index (χ0) is 13.1. The second-order valence-corrected chi connectivity index (χ2v) is 3.19. The average Bonchev–Trinajstić information content (AvgIpc) is 2.66. The molecule has 3 nitrogen and oxygen atoms in total. The van der Waals surface area contributed by atoms with Crippen LogP contribution in [0.1, 0.15) is 5.76 Å². The molecule has 17 heavy (non-hydrogen) atoms. The van der Waals surface area contributed by atoms with Gasteiger partial charge in [-0.1, -0.05) is 0 Å². The summed E-state index contributed by atoms with van der Waals surface area (Å²) in [6.07, 6.45) is -7.04. The topological polar surface area (TPSA) is 33.5 Å². The third-order valence-electron chi connectivity index (χ3n) is 1.80. The monoisotopic (exact) mass is 257 g/mol. The molecule has 1 aromatic heterocycles. The Balaban J connectivity index is 2.75. The van der Waals surface area contributed by atoms with Gasteiger partial charge in [0.1, 0.15) is 12.3 Å². The van der Waals surface area contributed by atoms with Crippen LogP contribution in [0.25, 0.3) is 0 Å². The quantitative estimate of drug-likeness (QED) is 0.776. The Morgan fingerprint density at radius 1 is 1.41 bits per heavy atom. The number of carbonyl (C=O) groups is 1. The fraction of sp³-hybridized carbons (Fsp3) is 0.444. The minimum atomic E-state index is -4.74. The molecule has 0 spiro atoms. The van der Waals surface area contributed by atoms with Gasteiger partial charge in [-0.2, -0.15) is 22.0 Å². The molecule has 0 aliphatic heterocycles. The van der Waals surface area contributed by atoms with Crippen molar-refractivity contribution in [3.05, 3.63) is 24.2 Å². The summed E-state index contributed by atoms with van der Waals surface area (Å²) in [6, 6.07) is 2.68. The summed E-state index contributed by atoms with van der Waals surface area (Å²) >= 11 is 0. The van der Waals surface area contributed by atoms with Crippen LogP contribution >= 0.6 is 0 Å². The molecule has 0 fully saturated rings. The molecule has 8 heteroatoms. The molecule has 0 unspecified atom stereocenters. The van der Waals surface area contributed by atoms with Crippen molar-refractivity contribution < 1.29 is 31.2 Å². The number of nitrogens with zero attached hydrogens (tertiary/aromatic N) is 1. The molecule has 96 valence electrons. The number of rotatable bonds is 4. The highest BCUT2D eigenvalue weighted by molar-refractivity contribution is 5.79. The first-order chi connectivity index (χ1) is 7.79. The van der Waals surface area contributed by atoms with Crippen LogP contribution in [0, 0.1) is 0 Å². The van der Waals surface area contributed by atoms with Crippen molar-refractivity contribution in [2.45, 2.75) is 19.1 Å². The predicted octanol–water partition coefficient (Wildman–Crippen LogP) is 2.44. The number of halogens is 5. The molecule has 0 N–H and O–H groups in total. The zero-order valence-corrected chi connectivity index (χ0v) is 8.38. The summed E-state index contributed by atoms with van der Waals surface area (Å²) in [5, 5.41) is 0. The molecule has 0 radical (unpaired) electrons. The lowest BCUT2D eigenvalue weighted by Gasteiger charge is -2.22. The van der Waals surface area contributed by atoms with E-state index >= 15 is 0 Å². The van der Waals surface area contributed by atoms with Crippen molar-refractivity contribution in [3.8, 4) is 0 Å². The lowest BCUT2D eigenvalue weighted by molar-refractivity contribution is -0.169. The number of alkyl halides is 5. The van der Waals surface area contributed by atoms with Gasteiger partial charge in [0.25, 0.3) is 5.91 Å². The van der Waals surface area contributed by atoms with Gasteiger partial charge >= 0.3 is 12.6 Å². The summed E-state index contributed by atoms with van der Waals surface area (Å²) in [7, 11) is 0. The molecule has 1 heterocycles. The smallest absolute Gasteiger partial charge is 0.406 e. The molecule has 0 bridgehead atoms. The van der Waals surface area contributed by atoms with Crippen molar-refractivity contribution in [1.82, 2.24) is 4.90 Å². The van der Waals surface area contributed by atoms with Crippen molar-refractivity contribution in [3.63, 3.8) is 0 Å². The molecule has 0 saturated carbocycles. The van der Waals surface area contributed by atoms with Crippen LogP contribution in [0.4, 0.5) is 22.0 Å². The van der Waals surface area contributed by atoms with Crippen LogP contribution < -0.4 is 0 Å². The molecular formula is C9H8F5NO2. The lowest BCUT2D eigenvalue weighted by Crippen LogP contribution is -2.41.